The molecular weight excluding hydrogens is 488 g/mol. The van der Waals surface area contributed by atoms with Crippen LogP contribution in [-0.4, -0.2) is 31.2 Å². The summed E-state index contributed by atoms with van der Waals surface area (Å²) >= 11 is 0. The van der Waals surface area contributed by atoms with E-state index < -0.39 is 0 Å². The fourth-order valence-corrected chi connectivity index (χ4v) is 5.63. The molecule has 5 aromatic rings. The number of fused-ring (bicyclic) bond motifs is 1. The van der Waals surface area contributed by atoms with E-state index in [0.29, 0.717) is 6.54 Å². The van der Waals surface area contributed by atoms with Crippen LogP contribution in [0, 0.1) is 0 Å². The van der Waals surface area contributed by atoms with Crippen molar-refractivity contribution in [1.82, 2.24) is 4.98 Å². The first kappa shape index (κ1) is 27.4. The molecule has 0 aliphatic heterocycles. The van der Waals surface area contributed by atoms with E-state index in [4.69, 9.17) is 10.7 Å². The summed E-state index contributed by atoms with van der Waals surface area (Å²) in [5.41, 5.74) is 16.0. The number of pyridine rings is 1. The topological polar surface area (TPSA) is 45.4 Å². The lowest BCUT2D eigenvalue weighted by molar-refractivity contribution is 0.866. The SMILES string of the molecule is CCN(CC)c1ccc(-c2nc(-c3ccc(CN)cc3)c(-c3ccc(N(CC)CC)cc3)c3ccccc23)cc1. The Morgan fingerprint density at radius 2 is 0.975 bits per heavy atom. The molecule has 4 aromatic carbocycles. The van der Waals surface area contributed by atoms with Crippen molar-refractivity contribution in [3.8, 4) is 33.6 Å². The van der Waals surface area contributed by atoms with Gasteiger partial charge in [0.15, 0.2) is 0 Å². The molecule has 0 unspecified atom stereocenters. The molecule has 40 heavy (non-hydrogen) atoms. The Balaban J connectivity index is 1.73. The van der Waals surface area contributed by atoms with E-state index in [1.54, 1.807) is 0 Å². The van der Waals surface area contributed by atoms with E-state index in [2.05, 4.69) is 135 Å². The number of hydrogen-bond acceptors (Lipinski definition) is 4. The molecule has 0 fully saturated rings. The summed E-state index contributed by atoms with van der Waals surface area (Å²) in [4.78, 5) is 10.2. The zero-order valence-electron chi connectivity index (χ0n) is 24.2. The third-order valence-electron chi connectivity index (χ3n) is 7.93. The number of anilines is 2. The Bertz CT molecular complexity index is 1550. The predicted octanol–water partition coefficient (Wildman–Crippen LogP) is 8.39. The molecule has 4 heteroatoms. The Morgan fingerprint density at radius 1 is 0.525 bits per heavy atom. The zero-order valence-corrected chi connectivity index (χ0v) is 24.2. The fourth-order valence-electron chi connectivity index (χ4n) is 5.63. The maximum Gasteiger partial charge on any atom is 0.0794 e. The monoisotopic (exact) mass is 528 g/mol. The molecule has 0 aliphatic rings. The van der Waals surface area contributed by atoms with Crippen molar-refractivity contribution in [2.45, 2.75) is 34.2 Å². The minimum absolute atomic E-state index is 0.523. The molecule has 0 spiro atoms. The molecular formula is C36H40N4. The van der Waals surface area contributed by atoms with Crippen LogP contribution in [-0.2, 0) is 6.54 Å². The van der Waals surface area contributed by atoms with Crippen LogP contribution in [0.5, 0.6) is 0 Å². The summed E-state index contributed by atoms with van der Waals surface area (Å²) in [7, 11) is 0. The Morgan fingerprint density at radius 3 is 1.48 bits per heavy atom. The molecule has 5 rings (SSSR count). The standard InChI is InChI=1S/C36H40N4/c1-5-39(6-2)30-21-17-27(18-22-30)34-32-11-9-10-12-33(32)35(28-19-23-31(24-20-28)40(7-3)8-4)38-36(34)29-15-13-26(25-37)14-16-29/h9-24H,5-8,25,37H2,1-4H3. The molecule has 4 nitrogen and oxygen atoms in total. The van der Waals surface area contributed by atoms with Crippen molar-refractivity contribution >= 4 is 22.1 Å². The number of aromatic nitrogens is 1. The average Bonchev–Trinajstić information content (AvgIpc) is 3.02. The Hall–Kier alpha value is -4.15. The second kappa shape index (κ2) is 12.4. The highest BCUT2D eigenvalue weighted by Crippen LogP contribution is 2.41. The molecule has 0 bridgehead atoms. The first-order valence-electron chi connectivity index (χ1n) is 14.5. The molecule has 0 atom stereocenters. The van der Waals surface area contributed by atoms with Gasteiger partial charge in [0, 0.05) is 66.2 Å². The third kappa shape index (κ3) is 5.32. The lowest BCUT2D eigenvalue weighted by Crippen LogP contribution is -2.21. The molecule has 0 saturated carbocycles. The number of nitrogens with zero attached hydrogens (tertiary/aromatic N) is 3. The highest BCUT2D eigenvalue weighted by molar-refractivity contribution is 6.08. The molecule has 1 aromatic heterocycles. The number of rotatable bonds is 10. The maximum atomic E-state index is 5.93. The van der Waals surface area contributed by atoms with Crippen LogP contribution in [0.25, 0.3) is 44.4 Å². The smallest absolute Gasteiger partial charge is 0.0794 e. The van der Waals surface area contributed by atoms with Crippen molar-refractivity contribution in [3.63, 3.8) is 0 Å². The highest BCUT2D eigenvalue weighted by Gasteiger charge is 2.18. The Kier molecular flexibility index (Phi) is 8.47. The third-order valence-corrected chi connectivity index (χ3v) is 7.93. The van der Waals surface area contributed by atoms with Gasteiger partial charge < -0.3 is 15.5 Å². The van der Waals surface area contributed by atoms with Gasteiger partial charge in [-0.3, -0.25) is 0 Å². The van der Waals surface area contributed by atoms with E-state index in [9.17, 15) is 0 Å². The summed E-state index contributed by atoms with van der Waals surface area (Å²) in [6.45, 7) is 13.3. The summed E-state index contributed by atoms with van der Waals surface area (Å²) in [5.74, 6) is 0. The molecule has 2 N–H and O–H groups in total. The second-order valence-electron chi connectivity index (χ2n) is 10.1. The minimum atomic E-state index is 0.523. The first-order chi connectivity index (χ1) is 19.6. The minimum Gasteiger partial charge on any atom is -0.372 e. The lowest BCUT2D eigenvalue weighted by atomic mass is 9.91. The summed E-state index contributed by atoms with van der Waals surface area (Å²) in [6, 6.07) is 35.0. The zero-order chi connectivity index (χ0) is 28.1. The van der Waals surface area contributed by atoms with Crippen LogP contribution in [0.4, 0.5) is 11.4 Å². The van der Waals surface area contributed by atoms with Gasteiger partial charge in [0.25, 0.3) is 0 Å². The van der Waals surface area contributed by atoms with E-state index in [-0.39, 0.29) is 0 Å². The van der Waals surface area contributed by atoms with Crippen LogP contribution in [0.3, 0.4) is 0 Å². The van der Waals surface area contributed by atoms with E-state index in [1.165, 1.54) is 22.3 Å². The molecule has 0 aliphatic carbocycles. The number of nitrogens with two attached hydrogens (primary N) is 1. The molecule has 0 radical (unpaired) electrons. The summed E-state index contributed by atoms with van der Waals surface area (Å²) in [5, 5.41) is 2.36. The molecule has 204 valence electrons. The highest BCUT2D eigenvalue weighted by atomic mass is 15.1. The molecule has 0 saturated heterocycles. The summed E-state index contributed by atoms with van der Waals surface area (Å²) in [6.07, 6.45) is 0. The predicted molar refractivity (Wildman–Crippen MR) is 173 cm³/mol. The van der Waals surface area contributed by atoms with Gasteiger partial charge in [-0.2, -0.15) is 0 Å². The second-order valence-corrected chi connectivity index (χ2v) is 10.1. The molecule has 0 amide bonds. The first-order valence-corrected chi connectivity index (χ1v) is 14.5. The van der Waals surface area contributed by atoms with Crippen molar-refractivity contribution < 1.29 is 0 Å². The average molecular weight is 529 g/mol. The van der Waals surface area contributed by atoms with Gasteiger partial charge in [-0.25, -0.2) is 4.98 Å². The van der Waals surface area contributed by atoms with Crippen molar-refractivity contribution in [2.75, 3.05) is 36.0 Å². The summed E-state index contributed by atoms with van der Waals surface area (Å²) < 4.78 is 0. The van der Waals surface area contributed by atoms with Crippen LogP contribution in [0.1, 0.15) is 33.3 Å². The lowest BCUT2D eigenvalue weighted by Gasteiger charge is -2.22. The van der Waals surface area contributed by atoms with Crippen LogP contribution < -0.4 is 15.5 Å². The Labute approximate surface area is 239 Å². The van der Waals surface area contributed by atoms with Gasteiger partial charge in [0.2, 0.25) is 0 Å². The van der Waals surface area contributed by atoms with Crippen molar-refractivity contribution in [3.05, 3.63) is 103 Å². The number of hydrogen-bond donors (Lipinski definition) is 1. The van der Waals surface area contributed by atoms with E-state index >= 15 is 0 Å². The van der Waals surface area contributed by atoms with Crippen molar-refractivity contribution in [1.29, 1.82) is 0 Å². The van der Waals surface area contributed by atoms with E-state index in [0.717, 1.165) is 65.2 Å². The molecule has 1 heterocycles. The van der Waals surface area contributed by atoms with Crippen LogP contribution in [0.15, 0.2) is 97.1 Å². The largest absolute Gasteiger partial charge is 0.372 e. The van der Waals surface area contributed by atoms with E-state index in [1.807, 2.05) is 0 Å². The normalized spacial score (nSPS) is 11.1. The van der Waals surface area contributed by atoms with Gasteiger partial charge in [0.1, 0.15) is 0 Å². The van der Waals surface area contributed by atoms with Gasteiger partial charge in [0.05, 0.1) is 11.4 Å². The van der Waals surface area contributed by atoms with Gasteiger partial charge in [-0.05, 0) is 68.5 Å². The van der Waals surface area contributed by atoms with Gasteiger partial charge in [-0.15, -0.1) is 0 Å². The van der Waals surface area contributed by atoms with Gasteiger partial charge >= 0.3 is 0 Å². The van der Waals surface area contributed by atoms with Crippen molar-refractivity contribution in [2.24, 2.45) is 5.73 Å². The fraction of sp³-hybridized carbons (Fsp3) is 0.250. The van der Waals surface area contributed by atoms with Gasteiger partial charge in [-0.1, -0.05) is 72.8 Å². The quantitative estimate of drug-likeness (QED) is 0.198. The van der Waals surface area contributed by atoms with Crippen LogP contribution in [0.2, 0.25) is 0 Å². The number of benzene rings is 4. The van der Waals surface area contributed by atoms with Crippen LogP contribution >= 0.6 is 0 Å². The maximum absolute atomic E-state index is 5.93.